The highest BCUT2D eigenvalue weighted by Crippen LogP contribution is 2.25. The van der Waals surface area contributed by atoms with Crippen LogP contribution in [0.4, 0.5) is 0 Å². The minimum absolute atomic E-state index is 0.0453. The minimum Gasteiger partial charge on any atom is -0.376 e. The zero-order valence-corrected chi connectivity index (χ0v) is 11.9. The Hall–Kier alpha value is -0.160. The lowest BCUT2D eigenvalue weighted by atomic mass is 9.95. The number of hydrogen-bond donors (Lipinski definition) is 0. The van der Waals surface area contributed by atoms with E-state index in [0.717, 1.165) is 19.3 Å². The second-order valence-corrected chi connectivity index (χ2v) is 4.75. The Labute approximate surface area is 111 Å². The van der Waals surface area contributed by atoms with Gasteiger partial charge >= 0.3 is 0 Å². The van der Waals surface area contributed by atoms with Crippen LogP contribution in [0.15, 0.2) is 0 Å². The Bertz CT molecular complexity index is 210. The van der Waals surface area contributed by atoms with Crippen LogP contribution in [-0.2, 0) is 18.9 Å². The zero-order chi connectivity index (χ0) is 13.4. The van der Waals surface area contributed by atoms with Crippen LogP contribution >= 0.6 is 0 Å². The van der Waals surface area contributed by atoms with Gasteiger partial charge in [-0.2, -0.15) is 0 Å². The molecule has 1 aliphatic heterocycles. The van der Waals surface area contributed by atoms with Crippen molar-refractivity contribution in [2.75, 3.05) is 27.9 Å². The van der Waals surface area contributed by atoms with E-state index >= 15 is 0 Å². The third-order valence-electron chi connectivity index (χ3n) is 3.62. The van der Waals surface area contributed by atoms with Crippen LogP contribution in [0, 0.1) is 6.92 Å². The normalized spacial score (nSPS) is 32.7. The molecule has 4 nitrogen and oxygen atoms in total. The Morgan fingerprint density at radius 3 is 2.28 bits per heavy atom. The Morgan fingerprint density at radius 2 is 1.72 bits per heavy atom. The summed E-state index contributed by atoms with van der Waals surface area (Å²) in [5.41, 5.74) is 0. The number of methoxy groups -OCH3 is 3. The first-order chi connectivity index (χ1) is 8.78. The molecule has 0 N–H and O–H groups in total. The standard InChI is InChI=1S/C14H27O4/c1-5-6-7-8-9-11-13(16-3)14(17-4)12(15-2)10-18-11/h11-14H,1,5-10H2,2-4H3. The van der Waals surface area contributed by atoms with E-state index < -0.39 is 0 Å². The third-order valence-corrected chi connectivity index (χ3v) is 3.62. The second kappa shape index (κ2) is 8.86. The van der Waals surface area contributed by atoms with E-state index in [1.807, 2.05) is 0 Å². The summed E-state index contributed by atoms with van der Waals surface area (Å²) in [6.07, 6.45) is 5.51. The topological polar surface area (TPSA) is 36.9 Å². The molecule has 0 spiro atoms. The van der Waals surface area contributed by atoms with Crippen molar-refractivity contribution in [3.63, 3.8) is 0 Å². The molecule has 1 saturated heterocycles. The van der Waals surface area contributed by atoms with E-state index in [4.69, 9.17) is 18.9 Å². The predicted octanol–water partition coefficient (Wildman–Crippen LogP) is 2.21. The van der Waals surface area contributed by atoms with E-state index in [0.29, 0.717) is 6.61 Å². The van der Waals surface area contributed by atoms with Gasteiger partial charge in [-0.15, -0.1) is 0 Å². The van der Waals surface area contributed by atoms with Crippen molar-refractivity contribution in [1.82, 2.24) is 0 Å². The predicted molar refractivity (Wildman–Crippen MR) is 70.6 cm³/mol. The third kappa shape index (κ3) is 4.19. The van der Waals surface area contributed by atoms with Crippen molar-refractivity contribution in [3.8, 4) is 0 Å². The van der Waals surface area contributed by atoms with Gasteiger partial charge in [-0.25, -0.2) is 0 Å². The molecule has 1 rings (SSSR count). The van der Waals surface area contributed by atoms with Gasteiger partial charge in [0.15, 0.2) is 0 Å². The molecule has 4 unspecified atom stereocenters. The van der Waals surface area contributed by atoms with Gasteiger partial charge in [0.05, 0.1) is 12.7 Å². The molecule has 4 heteroatoms. The molecule has 1 fully saturated rings. The summed E-state index contributed by atoms with van der Waals surface area (Å²) >= 11 is 0. The zero-order valence-electron chi connectivity index (χ0n) is 11.9. The Kier molecular flexibility index (Phi) is 7.82. The highest BCUT2D eigenvalue weighted by molar-refractivity contribution is 4.89. The number of rotatable bonds is 8. The maximum Gasteiger partial charge on any atom is 0.114 e. The summed E-state index contributed by atoms with van der Waals surface area (Å²) in [6, 6.07) is 0. The molecule has 1 radical (unpaired) electrons. The van der Waals surface area contributed by atoms with Crippen LogP contribution in [0.3, 0.4) is 0 Å². The molecule has 0 saturated carbocycles. The van der Waals surface area contributed by atoms with Crippen LogP contribution in [0.1, 0.15) is 32.1 Å². The van der Waals surface area contributed by atoms with Crippen LogP contribution in [0.2, 0.25) is 0 Å². The SMILES string of the molecule is [CH2]CCCCCC1OCC(OC)C(OC)C1OC. The maximum atomic E-state index is 5.85. The molecule has 1 aliphatic rings. The van der Waals surface area contributed by atoms with Gasteiger partial charge in [0.25, 0.3) is 0 Å². The van der Waals surface area contributed by atoms with E-state index in [2.05, 4.69) is 6.92 Å². The molecule has 0 aliphatic carbocycles. The van der Waals surface area contributed by atoms with Crippen LogP contribution in [0.5, 0.6) is 0 Å². The molecule has 0 bridgehead atoms. The molecule has 4 atom stereocenters. The lowest BCUT2D eigenvalue weighted by Crippen LogP contribution is -2.55. The van der Waals surface area contributed by atoms with E-state index in [1.165, 1.54) is 12.8 Å². The fourth-order valence-electron chi connectivity index (χ4n) is 2.55. The number of ether oxygens (including phenoxy) is 4. The van der Waals surface area contributed by atoms with Crippen LogP contribution in [-0.4, -0.2) is 52.4 Å². The van der Waals surface area contributed by atoms with Crippen LogP contribution < -0.4 is 0 Å². The van der Waals surface area contributed by atoms with Gasteiger partial charge in [0, 0.05) is 21.3 Å². The molecule has 107 valence electrons. The van der Waals surface area contributed by atoms with Gasteiger partial charge in [0.1, 0.15) is 18.3 Å². The monoisotopic (exact) mass is 259 g/mol. The summed E-state index contributed by atoms with van der Waals surface area (Å²) in [5.74, 6) is 0. The fourth-order valence-corrected chi connectivity index (χ4v) is 2.55. The first-order valence-corrected chi connectivity index (χ1v) is 6.77. The summed E-state index contributed by atoms with van der Waals surface area (Å²) in [4.78, 5) is 0. The van der Waals surface area contributed by atoms with E-state index in [9.17, 15) is 0 Å². The lowest BCUT2D eigenvalue weighted by Gasteiger charge is -2.40. The maximum absolute atomic E-state index is 5.85. The van der Waals surface area contributed by atoms with Crippen LogP contribution in [0.25, 0.3) is 0 Å². The average molecular weight is 259 g/mol. The smallest absolute Gasteiger partial charge is 0.114 e. The minimum atomic E-state index is -0.0495. The molecule has 0 aromatic rings. The number of hydrogen-bond acceptors (Lipinski definition) is 4. The summed E-state index contributed by atoms with van der Waals surface area (Å²) < 4.78 is 22.3. The molecule has 1 heterocycles. The molecular weight excluding hydrogens is 232 g/mol. The van der Waals surface area contributed by atoms with Gasteiger partial charge in [-0.1, -0.05) is 32.6 Å². The van der Waals surface area contributed by atoms with Crippen molar-refractivity contribution in [2.24, 2.45) is 0 Å². The van der Waals surface area contributed by atoms with Gasteiger partial charge in [-0.05, 0) is 6.42 Å². The van der Waals surface area contributed by atoms with E-state index in [1.54, 1.807) is 21.3 Å². The largest absolute Gasteiger partial charge is 0.376 e. The molecule has 0 aromatic heterocycles. The Morgan fingerprint density at radius 1 is 1.00 bits per heavy atom. The molecule has 0 aromatic carbocycles. The highest BCUT2D eigenvalue weighted by atomic mass is 16.6. The first-order valence-electron chi connectivity index (χ1n) is 6.77. The molecular formula is C14H27O4. The van der Waals surface area contributed by atoms with E-state index in [-0.39, 0.29) is 24.4 Å². The van der Waals surface area contributed by atoms with Gasteiger partial charge in [-0.3, -0.25) is 0 Å². The molecule has 18 heavy (non-hydrogen) atoms. The summed E-state index contributed by atoms with van der Waals surface area (Å²) in [5, 5.41) is 0. The summed E-state index contributed by atoms with van der Waals surface area (Å²) in [6.45, 7) is 4.43. The van der Waals surface area contributed by atoms with Gasteiger partial charge in [0.2, 0.25) is 0 Å². The number of unbranched alkanes of at least 4 members (excludes halogenated alkanes) is 3. The Balaban J connectivity index is 2.47. The van der Waals surface area contributed by atoms with Gasteiger partial charge < -0.3 is 18.9 Å². The van der Waals surface area contributed by atoms with Crippen molar-refractivity contribution >= 4 is 0 Å². The lowest BCUT2D eigenvalue weighted by molar-refractivity contribution is -0.212. The highest BCUT2D eigenvalue weighted by Gasteiger charge is 2.40. The fraction of sp³-hybridized carbons (Fsp3) is 0.929. The van der Waals surface area contributed by atoms with Crippen molar-refractivity contribution < 1.29 is 18.9 Å². The quantitative estimate of drug-likeness (QED) is 0.626. The second-order valence-electron chi connectivity index (χ2n) is 4.75. The summed E-state index contributed by atoms with van der Waals surface area (Å²) in [7, 11) is 5.09. The average Bonchev–Trinajstić information content (AvgIpc) is 2.42. The first kappa shape index (κ1) is 15.9. The molecule has 0 amide bonds. The van der Waals surface area contributed by atoms with Crippen molar-refractivity contribution in [2.45, 2.75) is 56.5 Å². The van der Waals surface area contributed by atoms with Crippen molar-refractivity contribution in [1.29, 1.82) is 0 Å². The van der Waals surface area contributed by atoms with Crippen molar-refractivity contribution in [3.05, 3.63) is 6.92 Å².